The van der Waals surface area contributed by atoms with Crippen LogP contribution < -0.4 is 0 Å². The summed E-state index contributed by atoms with van der Waals surface area (Å²) in [4.78, 5) is 11.6. The fraction of sp³-hybridized carbons (Fsp3) is 0.500. The highest BCUT2D eigenvalue weighted by Crippen LogP contribution is 2.17. The smallest absolute Gasteiger partial charge is 0.338 e. The first-order valence-corrected chi connectivity index (χ1v) is 6.20. The van der Waals surface area contributed by atoms with Gasteiger partial charge in [0, 0.05) is 6.61 Å². The van der Waals surface area contributed by atoms with E-state index in [1.54, 1.807) is 6.07 Å². The van der Waals surface area contributed by atoms with Crippen LogP contribution in [0, 0.1) is 0 Å². The van der Waals surface area contributed by atoms with Crippen molar-refractivity contribution in [3.63, 3.8) is 0 Å². The van der Waals surface area contributed by atoms with E-state index in [-0.39, 0.29) is 12.3 Å². The lowest BCUT2D eigenvalue weighted by molar-refractivity contribution is -0.169. The van der Waals surface area contributed by atoms with Crippen LogP contribution in [0.25, 0.3) is 0 Å². The van der Waals surface area contributed by atoms with E-state index in [1.165, 1.54) is 7.11 Å². The predicted octanol–water partition coefficient (Wildman–Crippen LogP) is 2.52. The van der Waals surface area contributed by atoms with Gasteiger partial charge in [-0.1, -0.05) is 18.2 Å². The number of rotatable bonds is 4. The molecule has 1 atom stereocenters. The molecule has 1 unspecified atom stereocenters. The van der Waals surface area contributed by atoms with Gasteiger partial charge in [-0.3, -0.25) is 0 Å². The lowest BCUT2D eigenvalue weighted by Gasteiger charge is -2.23. The Kier molecular flexibility index (Phi) is 4.73. The molecule has 1 aliphatic heterocycles. The van der Waals surface area contributed by atoms with E-state index in [2.05, 4.69) is 0 Å². The second-order valence-corrected chi connectivity index (χ2v) is 4.26. The maximum Gasteiger partial charge on any atom is 0.338 e. The Morgan fingerprint density at radius 3 is 2.94 bits per heavy atom. The minimum atomic E-state index is -0.334. The molecule has 0 spiro atoms. The molecule has 1 saturated heterocycles. The fourth-order valence-corrected chi connectivity index (χ4v) is 1.98. The van der Waals surface area contributed by atoms with Crippen molar-refractivity contribution in [1.29, 1.82) is 0 Å². The fourth-order valence-electron chi connectivity index (χ4n) is 1.98. The normalized spacial score (nSPS) is 19.5. The van der Waals surface area contributed by atoms with Crippen molar-refractivity contribution < 1.29 is 19.0 Å². The molecule has 1 heterocycles. The number of esters is 1. The topological polar surface area (TPSA) is 44.8 Å². The van der Waals surface area contributed by atoms with Crippen LogP contribution in [0.1, 0.15) is 35.2 Å². The quantitative estimate of drug-likeness (QED) is 0.770. The van der Waals surface area contributed by atoms with Crippen LogP contribution in [-0.2, 0) is 20.8 Å². The molecular weight excluding hydrogens is 232 g/mol. The van der Waals surface area contributed by atoms with Gasteiger partial charge in [-0.2, -0.15) is 0 Å². The lowest BCUT2D eigenvalue weighted by Crippen LogP contribution is -2.22. The summed E-state index contributed by atoms with van der Waals surface area (Å²) in [5, 5.41) is 0. The molecule has 0 N–H and O–H groups in total. The number of benzene rings is 1. The monoisotopic (exact) mass is 250 g/mol. The third kappa shape index (κ3) is 3.31. The summed E-state index contributed by atoms with van der Waals surface area (Å²) in [6.07, 6.45) is 2.99. The van der Waals surface area contributed by atoms with E-state index >= 15 is 0 Å². The van der Waals surface area contributed by atoms with E-state index in [1.807, 2.05) is 18.2 Å². The molecule has 1 aromatic carbocycles. The van der Waals surface area contributed by atoms with Crippen LogP contribution in [-0.4, -0.2) is 26.0 Å². The first kappa shape index (κ1) is 13.1. The third-order valence-electron chi connectivity index (χ3n) is 2.99. The van der Waals surface area contributed by atoms with Crippen molar-refractivity contribution in [1.82, 2.24) is 0 Å². The summed E-state index contributed by atoms with van der Waals surface area (Å²) >= 11 is 0. The molecule has 0 amide bonds. The Balaban J connectivity index is 1.97. The molecule has 1 aromatic rings. The van der Waals surface area contributed by atoms with Crippen LogP contribution in [0.2, 0.25) is 0 Å². The number of carbonyl (C=O) groups is 1. The second kappa shape index (κ2) is 6.52. The maximum atomic E-state index is 11.6. The zero-order valence-electron chi connectivity index (χ0n) is 10.6. The Morgan fingerprint density at radius 1 is 1.39 bits per heavy atom. The number of hydrogen-bond donors (Lipinski definition) is 0. The Bertz CT molecular complexity index is 397. The summed E-state index contributed by atoms with van der Waals surface area (Å²) < 4.78 is 15.9. The molecule has 4 nitrogen and oxygen atoms in total. The summed E-state index contributed by atoms with van der Waals surface area (Å²) in [6, 6.07) is 7.31. The zero-order chi connectivity index (χ0) is 12.8. The molecule has 1 fully saturated rings. The molecule has 18 heavy (non-hydrogen) atoms. The van der Waals surface area contributed by atoms with Gasteiger partial charge in [0.2, 0.25) is 0 Å². The van der Waals surface area contributed by atoms with Gasteiger partial charge < -0.3 is 14.2 Å². The van der Waals surface area contributed by atoms with Gasteiger partial charge in [0.15, 0.2) is 6.29 Å². The van der Waals surface area contributed by atoms with Crippen molar-refractivity contribution in [3.8, 4) is 0 Å². The van der Waals surface area contributed by atoms with Gasteiger partial charge in [0.05, 0.1) is 19.3 Å². The molecule has 0 saturated carbocycles. The summed E-state index contributed by atoms with van der Waals surface area (Å²) in [7, 11) is 1.38. The highest BCUT2D eigenvalue weighted by atomic mass is 16.7. The average Bonchev–Trinajstić information content (AvgIpc) is 2.45. The summed E-state index contributed by atoms with van der Waals surface area (Å²) in [5.74, 6) is -0.334. The van der Waals surface area contributed by atoms with Gasteiger partial charge in [0.1, 0.15) is 0 Å². The van der Waals surface area contributed by atoms with Gasteiger partial charge in [-0.25, -0.2) is 4.79 Å². The molecular formula is C14H18O4. The van der Waals surface area contributed by atoms with Gasteiger partial charge in [-0.15, -0.1) is 0 Å². The SMILES string of the molecule is COC(=O)c1ccccc1COC1CCCCO1. The molecule has 0 bridgehead atoms. The average molecular weight is 250 g/mol. The zero-order valence-corrected chi connectivity index (χ0v) is 10.6. The van der Waals surface area contributed by atoms with Crippen molar-refractivity contribution >= 4 is 5.97 Å². The Morgan fingerprint density at radius 2 is 2.22 bits per heavy atom. The number of carbonyl (C=O) groups excluding carboxylic acids is 1. The first-order valence-electron chi connectivity index (χ1n) is 6.20. The minimum Gasteiger partial charge on any atom is -0.465 e. The van der Waals surface area contributed by atoms with Crippen LogP contribution >= 0.6 is 0 Å². The van der Waals surface area contributed by atoms with Crippen LogP contribution in [0.5, 0.6) is 0 Å². The highest BCUT2D eigenvalue weighted by Gasteiger charge is 2.16. The largest absolute Gasteiger partial charge is 0.465 e. The highest BCUT2D eigenvalue weighted by molar-refractivity contribution is 5.90. The van der Waals surface area contributed by atoms with Crippen molar-refractivity contribution in [2.24, 2.45) is 0 Å². The Hall–Kier alpha value is -1.39. The number of hydrogen-bond acceptors (Lipinski definition) is 4. The van der Waals surface area contributed by atoms with Crippen LogP contribution in [0.15, 0.2) is 24.3 Å². The predicted molar refractivity (Wildman–Crippen MR) is 66.2 cm³/mol. The third-order valence-corrected chi connectivity index (χ3v) is 2.99. The van der Waals surface area contributed by atoms with Crippen LogP contribution in [0.4, 0.5) is 0 Å². The van der Waals surface area contributed by atoms with E-state index in [0.717, 1.165) is 31.4 Å². The van der Waals surface area contributed by atoms with Crippen molar-refractivity contribution in [2.75, 3.05) is 13.7 Å². The summed E-state index contributed by atoms with van der Waals surface area (Å²) in [5.41, 5.74) is 1.38. The molecule has 0 aliphatic carbocycles. The van der Waals surface area contributed by atoms with Gasteiger partial charge >= 0.3 is 5.97 Å². The molecule has 0 aromatic heterocycles. The molecule has 0 radical (unpaired) electrons. The Labute approximate surface area is 107 Å². The molecule has 2 rings (SSSR count). The lowest BCUT2D eigenvalue weighted by atomic mass is 10.1. The number of methoxy groups -OCH3 is 1. The van der Waals surface area contributed by atoms with E-state index in [0.29, 0.717) is 12.2 Å². The van der Waals surface area contributed by atoms with E-state index in [4.69, 9.17) is 14.2 Å². The first-order chi connectivity index (χ1) is 8.81. The summed E-state index contributed by atoms with van der Waals surface area (Å²) in [6.45, 7) is 1.12. The van der Waals surface area contributed by atoms with E-state index in [9.17, 15) is 4.79 Å². The molecule has 1 aliphatic rings. The van der Waals surface area contributed by atoms with Crippen LogP contribution in [0.3, 0.4) is 0 Å². The van der Waals surface area contributed by atoms with Gasteiger partial charge in [0.25, 0.3) is 0 Å². The molecule has 98 valence electrons. The second-order valence-electron chi connectivity index (χ2n) is 4.26. The minimum absolute atomic E-state index is 0.149. The standard InChI is InChI=1S/C14H18O4/c1-16-14(15)12-7-3-2-6-11(12)10-18-13-8-4-5-9-17-13/h2-3,6-7,13H,4-5,8-10H2,1H3. The van der Waals surface area contributed by atoms with Gasteiger partial charge in [-0.05, 0) is 30.9 Å². The maximum absolute atomic E-state index is 11.6. The van der Waals surface area contributed by atoms with Crippen molar-refractivity contribution in [2.45, 2.75) is 32.2 Å². The number of ether oxygens (including phenoxy) is 3. The van der Waals surface area contributed by atoms with Crippen molar-refractivity contribution in [3.05, 3.63) is 35.4 Å². The van der Waals surface area contributed by atoms with E-state index < -0.39 is 0 Å². The molecule has 4 heteroatoms.